The molecule has 2 heterocycles. The van der Waals surface area contributed by atoms with E-state index < -0.39 is 26.5 Å². The van der Waals surface area contributed by atoms with Gasteiger partial charge in [0.1, 0.15) is 12.2 Å². The third-order valence-electron chi connectivity index (χ3n) is 8.06. The van der Waals surface area contributed by atoms with E-state index in [-0.39, 0.29) is 17.7 Å². The van der Waals surface area contributed by atoms with Crippen molar-refractivity contribution in [2.45, 2.75) is 70.5 Å². The van der Waals surface area contributed by atoms with Gasteiger partial charge in [-0.05, 0) is 51.7 Å². The Labute approximate surface area is 244 Å². The topological polar surface area (TPSA) is 46.2 Å². The number of ether oxygens (including phenoxy) is 4. The lowest BCUT2D eigenvalue weighted by Gasteiger charge is -2.43. The molecule has 213 valence electrons. The summed E-state index contributed by atoms with van der Waals surface area (Å²) in [5.41, 5.74) is 1.09. The molecule has 4 aromatic carbocycles. The molecule has 2 aliphatic heterocycles. The average molecular weight is 568 g/mol. The first-order chi connectivity index (χ1) is 19.7. The predicted molar refractivity (Wildman–Crippen MR) is 164 cm³/mol. The molecule has 41 heavy (non-hydrogen) atoms. The van der Waals surface area contributed by atoms with Crippen LogP contribution in [-0.2, 0) is 30.0 Å². The van der Waals surface area contributed by atoms with E-state index in [1.807, 2.05) is 13.8 Å². The van der Waals surface area contributed by atoms with Gasteiger partial charge in [-0.2, -0.15) is 0 Å². The number of hydrogen-bond acceptors (Lipinski definition) is 5. The first kappa shape index (κ1) is 28.3. The van der Waals surface area contributed by atoms with Crippen molar-refractivity contribution in [2.24, 2.45) is 0 Å². The lowest BCUT2D eigenvalue weighted by molar-refractivity contribution is -0.203. The Bertz CT molecular complexity index is 1430. The second kappa shape index (κ2) is 11.1. The van der Waals surface area contributed by atoms with Crippen molar-refractivity contribution in [3.63, 3.8) is 0 Å². The second-order valence-electron chi connectivity index (χ2n) is 12.4. The summed E-state index contributed by atoms with van der Waals surface area (Å²) in [5, 5.41) is 4.69. The molecule has 0 bridgehead atoms. The van der Waals surface area contributed by atoms with Gasteiger partial charge in [0.15, 0.2) is 18.2 Å². The van der Waals surface area contributed by atoms with E-state index >= 15 is 0 Å². The van der Waals surface area contributed by atoms with Crippen molar-refractivity contribution in [2.75, 3.05) is 6.61 Å². The van der Waals surface area contributed by atoms with Gasteiger partial charge < -0.3 is 23.4 Å². The Kier molecular flexibility index (Phi) is 7.66. The van der Waals surface area contributed by atoms with E-state index in [2.05, 4.69) is 124 Å². The van der Waals surface area contributed by atoms with Gasteiger partial charge in [0.2, 0.25) is 0 Å². The molecule has 0 N–H and O–H groups in total. The van der Waals surface area contributed by atoms with E-state index in [1.54, 1.807) is 0 Å². The minimum atomic E-state index is -2.77. The van der Waals surface area contributed by atoms with Gasteiger partial charge >= 0.3 is 0 Å². The summed E-state index contributed by atoms with van der Waals surface area (Å²) in [6.07, 6.45) is -0.622. The summed E-state index contributed by atoms with van der Waals surface area (Å²) in [6.45, 7) is 11.4. The fraction of sp³-hybridized carbons (Fsp3) is 0.343. The molecule has 0 amide bonds. The molecule has 1 radical (unpaired) electrons. The maximum absolute atomic E-state index is 7.19. The quantitative estimate of drug-likeness (QED) is 0.233. The molecule has 0 spiro atoms. The molecule has 0 saturated carbocycles. The zero-order valence-electron chi connectivity index (χ0n) is 24.5. The van der Waals surface area contributed by atoms with Crippen molar-refractivity contribution in [1.29, 1.82) is 0 Å². The lowest BCUT2D eigenvalue weighted by Crippen LogP contribution is -2.67. The van der Waals surface area contributed by atoms with Gasteiger partial charge in [-0.15, -0.1) is 0 Å². The molecule has 6 rings (SSSR count). The maximum Gasteiger partial charge on any atom is 0.261 e. The molecule has 0 aliphatic carbocycles. The molecular weight excluding hydrogens is 528 g/mol. The number of rotatable bonds is 8. The summed E-state index contributed by atoms with van der Waals surface area (Å²) in [7, 11) is -2.77. The van der Waals surface area contributed by atoms with Gasteiger partial charge in [-0.3, -0.25) is 0 Å². The molecule has 2 aliphatic rings. The highest BCUT2D eigenvalue weighted by molar-refractivity contribution is 6.99. The van der Waals surface area contributed by atoms with E-state index in [4.69, 9.17) is 23.4 Å². The highest BCUT2D eigenvalue weighted by atomic mass is 28.4. The Morgan fingerprint density at radius 1 is 0.732 bits per heavy atom. The van der Waals surface area contributed by atoms with E-state index in [1.165, 1.54) is 21.1 Å². The number of fused-ring (bicyclic) bond motifs is 2. The van der Waals surface area contributed by atoms with Gasteiger partial charge in [0, 0.05) is 0 Å². The minimum absolute atomic E-state index is 0.152. The van der Waals surface area contributed by atoms with Crippen molar-refractivity contribution in [3.8, 4) is 0 Å². The molecule has 0 aromatic heterocycles. The molecule has 3 atom stereocenters. The van der Waals surface area contributed by atoms with Crippen LogP contribution in [0.25, 0.3) is 10.8 Å². The van der Waals surface area contributed by atoms with Gasteiger partial charge in [0.05, 0.1) is 13.2 Å². The fourth-order valence-electron chi connectivity index (χ4n) is 6.21. The van der Waals surface area contributed by atoms with Crippen LogP contribution in [0.1, 0.15) is 40.2 Å². The summed E-state index contributed by atoms with van der Waals surface area (Å²) >= 11 is 0. The summed E-state index contributed by atoms with van der Waals surface area (Å²) in [4.78, 5) is 0. The molecule has 2 fully saturated rings. The van der Waals surface area contributed by atoms with Crippen LogP contribution in [0.5, 0.6) is 0 Å². The van der Waals surface area contributed by atoms with Crippen molar-refractivity contribution in [3.05, 3.63) is 115 Å². The van der Waals surface area contributed by atoms with Gasteiger partial charge in [0.25, 0.3) is 8.32 Å². The third kappa shape index (κ3) is 5.53. The Morgan fingerprint density at radius 3 is 1.98 bits per heavy atom. The first-order valence-electron chi connectivity index (χ1n) is 14.4. The third-order valence-corrected chi connectivity index (χ3v) is 13.0. The highest BCUT2D eigenvalue weighted by Crippen LogP contribution is 2.44. The van der Waals surface area contributed by atoms with Crippen LogP contribution in [0, 0.1) is 6.10 Å². The van der Waals surface area contributed by atoms with Crippen LogP contribution < -0.4 is 10.4 Å². The largest absolute Gasteiger partial charge is 0.404 e. The van der Waals surface area contributed by atoms with Crippen molar-refractivity contribution in [1.82, 2.24) is 0 Å². The van der Waals surface area contributed by atoms with Gasteiger partial charge in [-0.1, -0.05) is 118 Å². The maximum atomic E-state index is 7.19. The molecule has 6 heteroatoms. The van der Waals surface area contributed by atoms with Crippen molar-refractivity contribution < 1.29 is 23.4 Å². The van der Waals surface area contributed by atoms with Crippen LogP contribution in [0.3, 0.4) is 0 Å². The Morgan fingerprint density at radius 2 is 1.34 bits per heavy atom. The van der Waals surface area contributed by atoms with Crippen LogP contribution in [0.4, 0.5) is 0 Å². The zero-order chi connectivity index (χ0) is 28.7. The monoisotopic (exact) mass is 567 g/mol. The fourth-order valence-corrected chi connectivity index (χ4v) is 10.7. The molecular formula is C35H39O5Si. The normalized spacial score (nSPS) is 22.7. The summed E-state index contributed by atoms with van der Waals surface area (Å²) in [6, 6.07) is 36.1. The molecule has 2 saturated heterocycles. The van der Waals surface area contributed by atoms with E-state index in [9.17, 15) is 0 Å². The lowest BCUT2D eigenvalue weighted by atomic mass is 10.1. The van der Waals surface area contributed by atoms with E-state index in [0.29, 0.717) is 12.7 Å². The number of hydrogen-bond donors (Lipinski definition) is 0. The smallest absolute Gasteiger partial charge is 0.261 e. The average Bonchev–Trinajstić information content (AvgIpc) is 3.43. The molecule has 4 aromatic rings. The SMILES string of the molecule is CC1(C)O[C@H]2O[C](CO[Si](c3ccccc3)(c3ccccc3)C(C)(C)C)[C@H](OCc3ccc4ccccc4c3)[C@H]2O1. The van der Waals surface area contributed by atoms with Crippen LogP contribution in [0.15, 0.2) is 103 Å². The van der Waals surface area contributed by atoms with Crippen molar-refractivity contribution >= 4 is 29.5 Å². The summed E-state index contributed by atoms with van der Waals surface area (Å²) < 4.78 is 32.6. The standard InChI is InChI=1S/C35H39O5Si/c1-34(2,3)41(28-16-8-6-9-17-28,29-18-10-7-11-19-29)37-24-30-31(32-33(38-30)40-35(4,5)39-32)36-23-25-20-21-26-14-12-13-15-27(26)22-25/h6-22,31-33H,23-24H2,1-5H3/t31-,32+,33+/m0/s1. The zero-order valence-corrected chi connectivity index (χ0v) is 25.5. The van der Waals surface area contributed by atoms with Crippen LogP contribution in [0.2, 0.25) is 5.04 Å². The minimum Gasteiger partial charge on any atom is -0.404 e. The molecule has 0 unspecified atom stereocenters. The summed E-state index contributed by atoms with van der Waals surface area (Å²) in [5.74, 6) is -0.746. The molecule has 5 nitrogen and oxygen atoms in total. The van der Waals surface area contributed by atoms with Gasteiger partial charge in [-0.25, -0.2) is 0 Å². The van der Waals surface area contributed by atoms with E-state index in [0.717, 1.165) is 5.56 Å². The second-order valence-corrected chi connectivity index (χ2v) is 16.7. The highest BCUT2D eigenvalue weighted by Gasteiger charge is 2.57. The predicted octanol–water partition coefficient (Wildman–Crippen LogP) is 6.34. The Balaban J connectivity index is 1.29. The first-order valence-corrected chi connectivity index (χ1v) is 16.3. The Hall–Kier alpha value is -2.84. The number of benzene rings is 4. The van der Waals surface area contributed by atoms with Crippen LogP contribution >= 0.6 is 0 Å². The van der Waals surface area contributed by atoms with Crippen LogP contribution in [-0.4, -0.2) is 39.2 Å².